The third-order valence-electron chi connectivity index (χ3n) is 3.11. The van der Waals surface area contributed by atoms with Gasteiger partial charge in [0.25, 0.3) is 0 Å². The maximum absolute atomic E-state index is 12.3. The van der Waals surface area contributed by atoms with Crippen LogP contribution >= 0.6 is 27.3 Å². The Morgan fingerprint density at radius 2 is 2.00 bits per heavy atom. The summed E-state index contributed by atoms with van der Waals surface area (Å²) in [5.41, 5.74) is 0.312. The number of alkyl halides is 3. The minimum absolute atomic E-state index is 0.247. The lowest BCUT2D eigenvalue weighted by Gasteiger charge is -2.23. The number of rotatable bonds is 3. The van der Waals surface area contributed by atoms with Crippen molar-refractivity contribution in [2.45, 2.75) is 6.36 Å². The van der Waals surface area contributed by atoms with Gasteiger partial charge in [-0.2, -0.15) is 0 Å². The molecule has 3 rings (SSSR count). The zero-order chi connectivity index (χ0) is 18.7. The maximum atomic E-state index is 12.3. The summed E-state index contributed by atoms with van der Waals surface area (Å²) in [5.74, 6) is -0.0403. The number of halogens is 4. The molecule has 2 amide bonds. The molecule has 2 heterocycles. The zero-order valence-electron chi connectivity index (χ0n) is 12.9. The van der Waals surface area contributed by atoms with Crippen LogP contribution in [0.3, 0.4) is 0 Å². The number of urea groups is 1. The molecule has 0 atom stereocenters. The monoisotopic (exact) mass is 449 g/mol. The predicted octanol–water partition coefficient (Wildman–Crippen LogP) is 4.64. The molecule has 1 aliphatic heterocycles. The number of carbonyl (C=O) groups excluding carboxylic acids is 1. The van der Waals surface area contributed by atoms with Crippen molar-refractivity contribution in [2.75, 3.05) is 18.5 Å². The van der Waals surface area contributed by atoms with Gasteiger partial charge in [0, 0.05) is 5.69 Å². The number of hydrazone groups is 1. The second-order valence-electron chi connectivity index (χ2n) is 4.98. The molecule has 0 spiro atoms. The van der Waals surface area contributed by atoms with E-state index >= 15 is 0 Å². The van der Waals surface area contributed by atoms with E-state index < -0.39 is 12.4 Å². The fourth-order valence-corrected chi connectivity index (χ4v) is 3.37. The fourth-order valence-electron chi connectivity index (χ4n) is 2.04. The Bertz CT molecular complexity index is 824. The number of nitrogens with one attached hydrogen (secondary N) is 1. The van der Waals surface area contributed by atoms with E-state index in [-0.39, 0.29) is 18.9 Å². The Hall–Kier alpha value is -2.27. The van der Waals surface area contributed by atoms with Gasteiger partial charge < -0.3 is 14.8 Å². The van der Waals surface area contributed by atoms with Crippen LogP contribution in [0.4, 0.5) is 23.7 Å². The smallest absolute Gasteiger partial charge is 0.474 e. The summed E-state index contributed by atoms with van der Waals surface area (Å²) in [6, 6.07) is 7.97. The van der Waals surface area contributed by atoms with Crippen molar-refractivity contribution < 1.29 is 27.4 Å². The van der Waals surface area contributed by atoms with Gasteiger partial charge in [-0.15, -0.1) is 29.6 Å². The van der Waals surface area contributed by atoms with Crippen LogP contribution in [0.25, 0.3) is 0 Å². The average molecular weight is 450 g/mol. The highest BCUT2D eigenvalue weighted by Gasteiger charge is 2.31. The van der Waals surface area contributed by atoms with Crippen LogP contribution < -0.4 is 10.1 Å². The Morgan fingerprint density at radius 3 is 2.62 bits per heavy atom. The van der Waals surface area contributed by atoms with Gasteiger partial charge in [0.05, 0.1) is 15.2 Å². The Kier molecular flexibility index (Phi) is 5.37. The standard InChI is InChI=1S/C15H11BrF3N3O3S/c16-12-6-5-11(26-12)13-21-22(7-8-24-13)14(23)20-9-1-3-10(4-2-9)25-15(17,18)19/h1-6H,7-8H2,(H,20,23). The van der Waals surface area contributed by atoms with E-state index in [0.29, 0.717) is 11.6 Å². The third kappa shape index (κ3) is 4.88. The highest BCUT2D eigenvalue weighted by molar-refractivity contribution is 9.11. The molecule has 1 N–H and O–H groups in total. The SMILES string of the molecule is O=C(Nc1ccc(OC(F)(F)F)cc1)N1CCOC(c2ccc(Br)s2)=N1. The first kappa shape index (κ1) is 18.5. The van der Waals surface area contributed by atoms with Crippen molar-refractivity contribution in [1.82, 2.24) is 5.01 Å². The van der Waals surface area contributed by atoms with Crippen molar-refractivity contribution in [3.05, 3.63) is 45.1 Å². The molecule has 0 fully saturated rings. The van der Waals surface area contributed by atoms with Crippen molar-refractivity contribution in [1.29, 1.82) is 0 Å². The van der Waals surface area contributed by atoms with E-state index in [1.165, 1.54) is 28.5 Å². The van der Waals surface area contributed by atoms with E-state index in [2.05, 4.69) is 31.1 Å². The summed E-state index contributed by atoms with van der Waals surface area (Å²) in [5, 5.41) is 7.92. The molecule has 1 aromatic carbocycles. The molecule has 11 heteroatoms. The molecule has 2 aromatic rings. The summed E-state index contributed by atoms with van der Waals surface area (Å²) in [7, 11) is 0. The van der Waals surface area contributed by atoms with Gasteiger partial charge in [0.2, 0.25) is 5.90 Å². The lowest BCUT2D eigenvalue weighted by Crippen LogP contribution is -2.38. The number of carbonyl (C=O) groups is 1. The third-order valence-corrected chi connectivity index (χ3v) is 4.72. The highest BCUT2D eigenvalue weighted by atomic mass is 79.9. The van der Waals surface area contributed by atoms with Crippen molar-refractivity contribution in [3.63, 3.8) is 0 Å². The molecular weight excluding hydrogens is 439 g/mol. The molecule has 0 saturated heterocycles. The summed E-state index contributed by atoms with van der Waals surface area (Å²) in [6.45, 7) is 0.525. The van der Waals surface area contributed by atoms with E-state index in [9.17, 15) is 18.0 Å². The van der Waals surface area contributed by atoms with E-state index in [1.807, 2.05) is 12.1 Å². The van der Waals surface area contributed by atoms with E-state index in [0.717, 1.165) is 20.8 Å². The molecule has 26 heavy (non-hydrogen) atoms. The zero-order valence-corrected chi connectivity index (χ0v) is 15.3. The Labute approximate surface area is 158 Å². The first-order valence-corrected chi connectivity index (χ1v) is 8.82. The number of ether oxygens (including phenoxy) is 2. The normalized spacial score (nSPS) is 14.5. The van der Waals surface area contributed by atoms with Crippen molar-refractivity contribution >= 4 is 44.9 Å². The highest BCUT2D eigenvalue weighted by Crippen LogP contribution is 2.25. The largest absolute Gasteiger partial charge is 0.573 e. The van der Waals surface area contributed by atoms with Gasteiger partial charge in [-0.25, -0.2) is 9.80 Å². The number of thiophene rings is 1. The summed E-state index contributed by atoms with van der Waals surface area (Å²) in [6.07, 6.45) is -4.76. The lowest BCUT2D eigenvalue weighted by atomic mass is 10.3. The Balaban J connectivity index is 1.66. The molecule has 6 nitrogen and oxygen atoms in total. The number of anilines is 1. The number of nitrogens with zero attached hydrogens (tertiary/aromatic N) is 2. The van der Waals surface area contributed by atoms with Crippen LogP contribution in [0, 0.1) is 0 Å². The van der Waals surface area contributed by atoms with Crippen LogP contribution in [-0.2, 0) is 4.74 Å². The first-order chi connectivity index (χ1) is 12.3. The average Bonchev–Trinajstić information content (AvgIpc) is 3.02. The minimum Gasteiger partial charge on any atom is -0.474 e. The number of amides is 2. The van der Waals surface area contributed by atoms with E-state index in [4.69, 9.17) is 4.74 Å². The molecule has 1 aliphatic rings. The van der Waals surface area contributed by atoms with Gasteiger partial charge in [-0.3, -0.25) is 0 Å². The molecule has 138 valence electrons. The van der Waals surface area contributed by atoms with Crippen LogP contribution in [0.2, 0.25) is 0 Å². The molecule has 0 bridgehead atoms. The van der Waals surface area contributed by atoms with Gasteiger partial charge in [-0.1, -0.05) is 0 Å². The summed E-state index contributed by atoms with van der Waals surface area (Å²) >= 11 is 4.76. The molecule has 0 radical (unpaired) electrons. The van der Waals surface area contributed by atoms with E-state index in [1.54, 1.807) is 0 Å². The number of benzene rings is 1. The minimum atomic E-state index is -4.76. The second kappa shape index (κ2) is 7.54. The van der Waals surface area contributed by atoms with Crippen LogP contribution in [0.15, 0.2) is 45.3 Å². The topological polar surface area (TPSA) is 63.2 Å². The molecule has 0 aliphatic carbocycles. The number of hydrogen-bond acceptors (Lipinski definition) is 5. The quantitative estimate of drug-likeness (QED) is 0.742. The number of hydrogen-bond donors (Lipinski definition) is 1. The summed E-state index contributed by atoms with van der Waals surface area (Å²) in [4.78, 5) is 13.1. The van der Waals surface area contributed by atoms with Crippen molar-refractivity contribution in [3.8, 4) is 5.75 Å². The molecule has 0 unspecified atom stereocenters. The maximum Gasteiger partial charge on any atom is 0.573 e. The molecule has 1 aromatic heterocycles. The first-order valence-electron chi connectivity index (χ1n) is 7.21. The van der Waals surface area contributed by atoms with Crippen LogP contribution in [-0.4, -0.2) is 36.5 Å². The van der Waals surface area contributed by atoms with Gasteiger partial charge in [0.15, 0.2) is 0 Å². The van der Waals surface area contributed by atoms with Crippen molar-refractivity contribution in [2.24, 2.45) is 5.10 Å². The van der Waals surface area contributed by atoms with Gasteiger partial charge in [-0.05, 0) is 52.3 Å². The second-order valence-corrected chi connectivity index (χ2v) is 7.45. The van der Waals surface area contributed by atoms with Crippen LogP contribution in [0.5, 0.6) is 5.75 Å². The fraction of sp³-hybridized carbons (Fsp3) is 0.200. The Morgan fingerprint density at radius 1 is 1.27 bits per heavy atom. The lowest BCUT2D eigenvalue weighted by molar-refractivity contribution is -0.274. The van der Waals surface area contributed by atoms with Crippen LogP contribution in [0.1, 0.15) is 4.88 Å². The molecular formula is C15H11BrF3N3O3S. The summed E-state index contributed by atoms with van der Waals surface area (Å²) < 4.78 is 46.6. The predicted molar refractivity (Wildman–Crippen MR) is 93.4 cm³/mol. The van der Waals surface area contributed by atoms with Gasteiger partial charge in [0.1, 0.15) is 12.4 Å². The molecule has 0 saturated carbocycles. The van der Waals surface area contributed by atoms with Gasteiger partial charge >= 0.3 is 12.4 Å².